The van der Waals surface area contributed by atoms with Crippen molar-refractivity contribution in [2.45, 2.75) is 32.6 Å². The first kappa shape index (κ1) is 26.7. The highest BCUT2D eigenvalue weighted by Gasteiger charge is 2.46. The first-order valence-corrected chi connectivity index (χ1v) is 11.9. The molecular formula is C28H25F3N2O5. The number of aliphatic hydroxyl groups excluding tert-OH is 1. The van der Waals surface area contributed by atoms with E-state index in [2.05, 4.69) is 4.98 Å². The number of ether oxygens (including phenoxy) is 2. The first-order valence-electron chi connectivity index (χ1n) is 11.9. The van der Waals surface area contributed by atoms with E-state index in [1.165, 1.54) is 30.6 Å². The molecule has 1 amide bonds. The summed E-state index contributed by atoms with van der Waals surface area (Å²) >= 11 is 0. The highest BCUT2D eigenvalue weighted by atomic mass is 19.4. The Balaban J connectivity index is 1.84. The maximum Gasteiger partial charge on any atom is 0.416 e. The molecule has 0 aliphatic carbocycles. The van der Waals surface area contributed by atoms with Crippen LogP contribution < -0.4 is 9.47 Å². The van der Waals surface area contributed by atoms with Gasteiger partial charge < -0.3 is 19.5 Å². The van der Waals surface area contributed by atoms with Crippen LogP contribution in [0.4, 0.5) is 13.2 Å². The standard InChI is InChI=1S/C28H25F3N2O5/c1-3-37-20-8-9-21(22(15-20)38-4-2)25(34)23-24(18-10-12-32-13-11-18)33(27(36)26(23)35)16-17-6-5-7-19(14-17)28(29,30)31/h5-15,24,34H,3-4,16H2,1-2H3/b25-23-. The average Bonchev–Trinajstić information content (AvgIpc) is 3.14. The SMILES string of the molecule is CCOc1ccc(/C(O)=C2/C(=O)C(=O)N(Cc3cccc(C(F)(F)F)c3)C2c2ccncc2)c(OCC)c1. The summed E-state index contributed by atoms with van der Waals surface area (Å²) in [5.41, 5.74) is -0.277. The summed E-state index contributed by atoms with van der Waals surface area (Å²) in [6, 6.07) is 11.3. The summed E-state index contributed by atoms with van der Waals surface area (Å²) in [5.74, 6) is -1.65. The van der Waals surface area contributed by atoms with Gasteiger partial charge in [0.05, 0.1) is 36.0 Å². The van der Waals surface area contributed by atoms with Crippen LogP contribution in [-0.4, -0.2) is 39.9 Å². The number of benzene rings is 2. The van der Waals surface area contributed by atoms with Gasteiger partial charge in [0.1, 0.15) is 17.3 Å². The minimum Gasteiger partial charge on any atom is -0.507 e. The van der Waals surface area contributed by atoms with Gasteiger partial charge in [-0.3, -0.25) is 14.6 Å². The van der Waals surface area contributed by atoms with Gasteiger partial charge in [-0.15, -0.1) is 0 Å². The number of carbonyl (C=O) groups excluding carboxylic acids is 2. The van der Waals surface area contributed by atoms with Crippen LogP contribution >= 0.6 is 0 Å². The normalized spacial score (nSPS) is 17.1. The van der Waals surface area contributed by atoms with Crippen LogP contribution in [0.1, 0.15) is 42.1 Å². The van der Waals surface area contributed by atoms with Gasteiger partial charge in [0.25, 0.3) is 11.7 Å². The minimum absolute atomic E-state index is 0.173. The van der Waals surface area contributed by atoms with Crippen molar-refractivity contribution in [3.63, 3.8) is 0 Å². The second-order valence-corrected chi connectivity index (χ2v) is 8.43. The van der Waals surface area contributed by atoms with Crippen molar-refractivity contribution in [2.24, 2.45) is 0 Å². The topological polar surface area (TPSA) is 89.0 Å². The van der Waals surface area contributed by atoms with Crippen molar-refractivity contribution in [1.82, 2.24) is 9.88 Å². The Morgan fingerprint density at radius 1 is 1.00 bits per heavy atom. The molecule has 0 saturated carbocycles. The third kappa shape index (κ3) is 5.34. The van der Waals surface area contributed by atoms with E-state index in [9.17, 15) is 27.9 Å². The molecule has 1 saturated heterocycles. The van der Waals surface area contributed by atoms with Gasteiger partial charge in [-0.1, -0.05) is 12.1 Å². The monoisotopic (exact) mass is 526 g/mol. The molecule has 10 heteroatoms. The van der Waals surface area contributed by atoms with E-state index in [1.54, 1.807) is 31.2 Å². The summed E-state index contributed by atoms with van der Waals surface area (Å²) in [5, 5.41) is 11.4. The Hall–Kier alpha value is -4.34. The number of pyridine rings is 1. The molecule has 38 heavy (non-hydrogen) atoms. The van der Waals surface area contributed by atoms with Crippen LogP contribution in [0.15, 0.2) is 72.6 Å². The van der Waals surface area contributed by atoms with Crippen molar-refractivity contribution in [3.8, 4) is 11.5 Å². The molecule has 2 heterocycles. The van der Waals surface area contributed by atoms with Crippen molar-refractivity contribution in [3.05, 3.63) is 94.8 Å². The highest BCUT2D eigenvalue weighted by molar-refractivity contribution is 6.46. The maximum absolute atomic E-state index is 13.3. The molecule has 1 atom stereocenters. The van der Waals surface area contributed by atoms with Crippen LogP contribution in [0.5, 0.6) is 11.5 Å². The molecule has 4 rings (SSSR count). The molecular weight excluding hydrogens is 501 g/mol. The zero-order valence-corrected chi connectivity index (χ0v) is 20.7. The Bertz CT molecular complexity index is 1370. The zero-order valence-electron chi connectivity index (χ0n) is 20.7. The van der Waals surface area contributed by atoms with Gasteiger partial charge in [0.2, 0.25) is 0 Å². The largest absolute Gasteiger partial charge is 0.507 e. The molecule has 0 radical (unpaired) electrons. The second-order valence-electron chi connectivity index (χ2n) is 8.43. The van der Waals surface area contributed by atoms with Crippen molar-refractivity contribution >= 4 is 17.4 Å². The molecule has 1 aromatic heterocycles. The number of alkyl halides is 3. The predicted octanol–water partition coefficient (Wildman–Crippen LogP) is 5.52. The number of aliphatic hydroxyl groups is 1. The van der Waals surface area contributed by atoms with Crippen LogP contribution in [-0.2, 0) is 22.3 Å². The second kappa shape index (κ2) is 11.0. The number of hydrogen-bond donors (Lipinski definition) is 1. The molecule has 3 aromatic rings. The molecule has 198 valence electrons. The van der Waals surface area contributed by atoms with Gasteiger partial charge in [0.15, 0.2) is 0 Å². The number of amides is 1. The molecule has 0 bridgehead atoms. The highest BCUT2D eigenvalue weighted by Crippen LogP contribution is 2.42. The van der Waals surface area contributed by atoms with E-state index < -0.39 is 35.2 Å². The van der Waals surface area contributed by atoms with E-state index in [-0.39, 0.29) is 35.6 Å². The smallest absolute Gasteiger partial charge is 0.416 e. The van der Waals surface area contributed by atoms with Crippen LogP contribution in [0.25, 0.3) is 5.76 Å². The van der Waals surface area contributed by atoms with E-state index in [1.807, 2.05) is 6.92 Å². The van der Waals surface area contributed by atoms with Crippen LogP contribution in [0, 0.1) is 0 Å². The number of hydrogen-bond acceptors (Lipinski definition) is 6. The van der Waals surface area contributed by atoms with Gasteiger partial charge >= 0.3 is 6.18 Å². The number of aromatic nitrogens is 1. The molecule has 1 N–H and O–H groups in total. The Morgan fingerprint density at radius 2 is 1.71 bits per heavy atom. The third-order valence-electron chi connectivity index (χ3n) is 5.99. The lowest BCUT2D eigenvalue weighted by Gasteiger charge is -2.25. The minimum atomic E-state index is -4.57. The molecule has 1 unspecified atom stereocenters. The number of likely N-dealkylation sites (tertiary alicyclic amines) is 1. The molecule has 1 fully saturated rings. The Morgan fingerprint density at radius 3 is 2.37 bits per heavy atom. The molecule has 1 aliphatic heterocycles. The lowest BCUT2D eigenvalue weighted by molar-refractivity contribution is -0.140. The lowest BCUT2D eigenvalue weighted by Crippen LogP contribution is -2.29. The van der Waals surface area contributed by atoms with Crippen LogP contribution in [0.3, 0.4) is 0 Å². The number of carbonyl (C=O) groups is 2. The fourth-order valence-corrected chi connectivity index (χ4v) is 4.35. The van der Waals surface area contributed by atoms with Gasteiger partial charge in [-0.25, -0.2) is 0 Å². The van der Waals surface area contributed by atoms with Crippen molar-refractivity contribution < 1.29 is 37.3 Å². The summed E-state index contributed by atoms with van der Waals surface area (Å²) < 4.78 is 51.1. The number of ketones is 1. The van der Waals surface area contributed by atoms with Crippen molar-refractivity contribution in [1.29, 1.82) is 0 Å². The average molecular weight is 527 g/mol. The Kier molecular flexibility index (Phi) is 7.70. The third-order valence-corrected chi connectivity index (χ3v) is 5.99. The van der Waals surface area contributed by atoms with Crippen LogP contribution in [0.2, 0.25) is 0 Å². The summed E-state index contributed by atoms with van der Waals surface area (Å²) in [7, 11) is 0. The maximum atomic E-state index is 13.3. The quantitative estimate of drug-likeness (QED) is 0.236. The molecule has 0 spiro atoms. The van der Waals surface area contributed by atoms with Gasteiger partial charge in [0, 0.05) is 25.0 Å². The fourth-order valence-electron chi connectivity index (χ4n) is 4.35. The van der Waals surface area contributed by atoms with Gasteiger partial charge in [-0.2, -0.15) is 13.2 Å². The number of Topliss-reactive ketones (excluding diaryl/α,β-unsaturated/α-hetero) is 1. The van der Waals surface area contributed by atoms with E-state index in [0.717, 1.165) is 17.0 Å². The van der Waals surface area contributed by atoms with E-state index >= 15 is 0 Å². The number of halogens is 3. The number of nitrogens with zero attached hydrogens (tertiary/aromatic N) is 2. The Labute approximate surface area is 217 Å². The summed E-state index contributed by atoms with van der Waals surface area (Å²) in [6.45, 7) is 3.93. The molecule has 2 aromatic carbocycles. The fraction of sp³-hybridized carbons (Fsp3) is 0.250. The first-order chi connectivity index (χ1) is 18.2. The molecule has 7 nitrogen and oxygen atoms in total. The number of rotatable bonds is 8. The zero-order chi connectivity index (χ0) is 27.4. The predicted molar refractivity (Wildman–Crippen MR) is 132 cm³/mol. The van der Waals surface area contributed by atoms with Crippen molar-refractivity contribution in [2.75, 3.05) is 13.2 Å². The lowest BCUT2D eigenvalue weighted by atomic mass is 9.95. The van der Waals surface area contributed by atoms with Gasteiger partial charge in [-0.05, 0) is 61.4 Å². The summed E-state index contributed by atoms with van der Waals surface area (Å²) in [4.78, 5) is 31.6. The molecule has 1 aliphatic rings. The van der Waals surface area contributed by atoms with E-state index in [4.69, 9.17) is 9.47 Å². The van der Waals surface area contributed by atoms with E-state index in [0.29, 0.717) is 17.9 Å². The summed E-state index contributed by atoms with van der Waals surface area (Å²) in [6.07, 6.45) is -1.65.